The van der Waals surface area contributed by atoms with Crippen molar-refractivity contribution in [2.75, 3.05) is 13.7 Å². The standard InChI is InChI=1S/C23H24N2O5/c1-30-23-13-17(5-9-22(23)29)3-7-20-14-19(24-25(20)10-11-26)6-2-16-4-8-21(28)18(12-16)15-27/h2-9,12-14,26-29H,10-11,15H2,1H3/b6-2+,7-3+. The van der Waals surface area contributed by atoms with E-state index < -0.39 is 0 Å². The number of methoxy groups -OCH3 is 1. The number of hydrogen-bond acceptors (Lipinski definition) is 6. The van der Waals surface area contributed by atoms with Crippen molar-refractivity contribution in [1.82, 2.24) is 9.78 Å². The summed E-state index contributed by atoms with van der Waals surface area (Å²) in [5.74, 6) is 0.520. The highest BCUT2D eigenvalue weighted by Gasteiger charge is 2.05. The summed E-state index contributed by atoms with van der Waals surface area (Å²) in [6.45, 7) is 0.0619. The summed E-state index contributed by atoms with van der Waals surface area (Å²) in [6.07, 6.45) is 7.40. The molecule has 0 fully saturated rings. The van der Waals surface area contributed by atoms with Crippen LogP contribution in [0.1, 0.15) is 28.1 Å². The maximum atomic E-state index is 9.71. The largest absolute Gasteiger partial charge is 0.508 e. The molecular weight excluding hydrogens is 384 g/mol. The van der Waals surface area contributed by atoms with E-state index in [2.05, 4.69) is 5.10 Å². The lowest BCUT2D eigenvalue weighted by molar-refractivity contribution is 0.269. The number of rotatable bonds is 8. The first-order chi connectivity index (χ1) is 14.5. The minimum absolute atomic E-state index is 0.0451. The molecule has 0 unspecified atom stereocenters. The lowest BCUT2D eigenvalue weighted by Gasteiger charge is -2.04. The topological polar surface area (TPSA) is 108 Å². The smallest absolute Gasteiger partial charge is 0.161 e. The third-order valence-corrected chi connectivity index (χ3v) is 4.51. The number of nitrogens with zero attached hydrogens (tertiary/aromatic N) is 2. The van der Waals surface area contributed by atoms with E-state index in [9.17, 15) is 20.4 Å². The highest BCUT2D eigenvalue weighted by Crippen LogP contribution is 2.27. The summed E-state index contributed by atoms with van der Waals surface area (Å²) in [7, 11) is 1.50. The monoisotopic (exact) mass is 408 g/mol. The van der Waals surface area contributed by atoms with Crippen LogP contribution in [0.25, 0.3) is 24.3 Å². The second kappa shape index (κ2) is 9.78. The van der Waals surface area contributed by atoms with Crippen molar-refractivity contribution in [3.8, 4) is 17.2 Å². The van der Waals surface area contributed by atoms with Crippen LogP contribution in [0.2, 0.25) is 0 Å². The molecule has 0 amide bonds. The molecule has 156 valence electrons. The van der Waals surface area contributed by atoms with Gasteiger partial charge in [0.15, 0.2) is 11.5 Å². The molecule has 30 heavy (non-hydrogen) atoms. The Bertz CT molecular complexity index is 1070. The van der Waals surface area contributed by atoms with Crippen molar-refractivity contribution in [2.24, 2.45) is 0 Å². The maximum Gasteiger partial charge on any atom is 0.161 e. The SMILES string of the molecule is COc1cc(/C=C/c2cc(/C=C/c3ccc(O)c(CO)c3)nn2CCO)ccc1O. The third-order valence-electron chi connectivity index (χ3n) is 4.51. The van der Waals surface area contributed by atoms with Gasteiger partial charge in [0.05, 0.1) is 38.3 Å². The number of aromatic nitrogens is 2. The molecule has 0 saturated heterocycles. The summed E-state index contributed by atoms with van der Waals surface area (Å²) in [5, 5.41) is 42.5. The van der Waals surface area contributed by atoms with Crippen LogP contribution in [0.15, 0.2) is 42.5 Å². The lowest BCUT2D eigenvalue weighted by Crippen LogP contribution is -2.05. The molecule has 7 nitrogen and oxygen atoms in total. The van der Waals surface area contributed by atoms with Gasteiger partial charge in [0.1, 0.15) is 5.75 Å². The molecule has 0 aliphatic rings. The molecule has 0 aliphatic carbocycles. The van der Waals surface area contributed by atoms with E-state index in [-0.39, 0.29) is 24.7 Å². The van der Waals surface area contributed by atoms with Gasteiger partial charge in [-0.1, -0.05) is 24.3 Å². The minimum atomic E-state index is -0.240. The number of ether oxygens (including phenoxy) is 1. The molecule has 3 aromatic rings. The molecule has 0 bridgehead atoms. The molecule has 1 heterocycles. The Morgan fingerprint density at radius 3 is 2.30 bits per heavy atom. The number of benzene rings is 2. The quantitative estimate of drug-likeness (QED) is 0.456. The van der Waals surface area contributed by atoms with Crippen LogP contribution in [0.4, 0.5) is 0 Å². The fourth-order valence-electron chi connectivity index (χ4n) is 2.94. The molecule has 0 saturated carbocycles. The Hall–Kier alpha value is -3.55. The van der Waals surface area contributed by atoms with Crippen LogP contribution in [0, 0.1) is 0 Å². The summed E-state index contributed by atoms with van der Waals surface area (Å²) in [4.78, 5) is 0. The van der Waals surface area contributed by atoms with Gasteiger partial charge in [0.25, 0.3) is 0 Å². The Balaban J connectivity index is 1.84. The Labute approximate surface area is 174 Å². The third kappa shape index (κ3) is 5.08. The van der Waals surface area contributed by atoms with Crippen LogP contribution in [0.3, 0.4) is 0 Å². The first-order valence-electron chi connectivity index (χ1n) is 9.38. The van der Waals surface area contributed by atoms with E-state index in [0.29, 0.717) is 23.6 Å². The number of phenols is 2. The van der Waals surface area contributed by atoms with Crippen molar-refractivity contribution >= 4 is 24.3 Å². The molecule has 0 aliphatic heterocycles. The number of aromatic hydroxyl groups is 2. The van der Waals surface area contributed by atoms with Gasteiger partial charge in [-0.2, -0.15) is 5.10 Å². The van der Waals surface area contributed by atoms with Crippen LogP contribution >= 0.6 is 0 Å². The molecule has 7 heteroatoms. The summed E-state index contributed by atoms with van der Waals surface area (Å²) in [6, 6.07) is 11.9. The van der Waals surface area contributed by atoms with Crippen LogP contribution in [-0.4, -0.2) is 43.9 Å². The zero-order valence-electron chi connectivity index (χ0n) is 16.6. The van der Waals surface area contributed by atoms with Gasteiger partial charge in [0, 0.05) is 5.56 Å². The van der Waals surface area contributed by atoms with Crippen molar-refractivity contribution in [2.45, 2.75) is 13.2 Å². The zero-order valence-corrected chi connectivity index (χ0v) is 16.6. The van der Waals surface area contributed by atoms with Gasteiger partial charge in [-0.3, -0.25) is 4.68 Å². The van der Waals surface area contributed by atoms with Gasteiger partial charge in [-0.05, 0) is 53.6 Å². The highest BCUT2D eigenvalue weighted by molar-refractivity contribution is 5.73. The van der Waals surface area contributed by atoms with E-state index in [0.717, 1.165) is 16.8 Å². The van der Waals surface area contributed by atoms with Crippen molar-refractivity contribution in [3.05, 3.63) is 70.5 Å². The molecule has 2 aromatic carbocycles. The van der Waals surface area contributed by atoms with Gasteiger partial charge < -0.3 is 25.2 Å². The number of hydrogen-bond donors (Lipinski definition) is 4. The molecule has 3 rings (SSSR count). The molecule has 0 radical (unpaired) electrons. The number of phenolic OH excluding ortho intramolecular Hbond substituents is 1. The van der Waals surface area contributed by atoms with Gasteiger partial charge in [-0.15, -0.1) is 0 Å². The summed E-state index contributed by atoms with van der Waals surface area (Å²) < 4.78 is 6.83. The Kier molecular flexibility index (Phi) is 6.90. The second-order valence-corrected chi connectivity index (χ2v) is 6.59. The summed E-state index contributed by atoms with van der Waals surface area (Å²) >= 11 is 0. The number of aliphatic hydroxyl groups excluding tert-OH is 2. The van der Waals surface area contributed by atoms with E-state index in [1.165, 1.54) is 13.2 Å². The zero-order chi connectivity index (χ0) is 21.5. The normalized spacial score (nSPS) is 11.6. The van der Waals surface area contributed by atoms with Crippen molar-refractivity contribution in [1.29, 1.82) is 0 Å². The molecule has 0 spiro atoms. The van der Waals surface area contributed by atoms with E-state index in [1.807, 2.05) is 30.4 Å². The van der Waals surface area contributed by atoms with E-state index in [4.69, 9.17) is 4.74 Å². The lowest BCUT2D eigenvalue weighted by atomic mass is 10.1. The Morgan fingerprint density at radius 2 is 1.60 bits per heavy atom. The Morgan fingerprint density at radius 1 is 0.900 bits per heavy atom. The molecular formula is C23H24N2O5. The first-order valence-corrected chi connectivity index (χ1v) is 9.38. The fraction of sp³-hybridized carbons (Fsp3) is 0.174. The maximum absolute atomic E-state index is 9.71. The predicted molar refractivity (Wildman–Crippen MR) is 116 cm³/mol. The predicted octanol–water partition coefficient (Wildman–Crippen LogP) is 3.13. The second-order valence-electron chi connectivity index (χ2n) is 6.59. The van der Waals surface area contributed by atoms with Gasteiger partial charge in [-0.25, -0.2) is 0 Å². The van der Waals surface area contributed by atoms with E-state index in [1.54, 1.807) is 35.0 Å². The fourth-order valence-corrected chi connectivity index (χ4v) is 2.94. The van der Waals surface area contributed by atoms with Crippen molar-refractivity contribution in [3.63, 3.8) is 0 Å². The minimum Gasteiger partial charge on any atom is -0.508 e. The molecule has 1 aromatic heterocycles. The average molecular weight is 408 g/mol. The first kappa shape index (κ1) is 21.2. The van der Waals surface area contributed by atoms with Crippen LogP contribution < -0.4 is 4.74 Å². The van der Waals surface area contributed by atoms with Crippen LogP contribution in [-0.2, 0) is 13.2 Å². The summed E-state index contributed by atoms with van der Waals surface area (Å²) in [5.41, 5.74) is 3.62. The van der Waals surface area contributed by atoms with Crippen molar-refractivity contribution < 1.29 is 25.2 Å². The van der Waals surface area contributed by atoms with Gasteiger partial charge in [0.2, 0.25) is 0 Å². The van der Waals surface area contributed by atoms with Crippen LogP contribution in [0.5, 0.6) is 17.2 Å². The average Bonchev–Trinajstić information content (AvgIpc) is 3.14. The van der Waals surface area contributed by atoms with E-state index >= 15 is 0 Å². The molecule has 0 atom stereocenters. The number of aliphatic hydroxyl groups is 2. The van der Waals surface area contributed by atoms with Gasteiger partial charge >= 0.3 is 0 Å². The highest BCUT2D eigenvalue weighted by atomic mass is 16.5. The molecule has 4 N–H and O–H groups in total.